The Balaban J connectivity index is 2.07. The maximum Gasteiger partial charge on any atom is 0.326 e. The van der Waals surface area contributed by atoms with Crippen LogP contribution in [0.4, 0.5) is 0 Å². The normalized spacial score (nSPS) is 32.0. The van der Waals surface area contributed by atoms with Gasteiger partial charge in [0.2, 0.25) is 0 Å². The van der Waals surface area contributed by atoms with Gasteiger partial charge in [-0.3, -0.25) is 10.1 Å². The summed E-state index contributed by atoms with van der Waals surface area (Å²) in [7, 11) is 0. The van der Waals surface area contributed by atoms with Crippen LogP contribution in [0.15, 0.2) is 0 Å². The number of hydrogen-bond acceptors (Lipinski definition) is 4. The standard InChI is InChI=1S/C16H29NO3/c1-3-14-12-16(10-11-20-14,15(18)19-4-2)17-13-8-6-5-7-9-13/h13-14,17H,3-12H2,1-2H3. The molecule has 0 aromatic rings. The van der Waals surface area contributed by atoms with Crippen molar-refractivity contribution in [2.24, 2.45) is 0 Å². The summed E-state index contributed by atoms with van der Waals surface area (Å²) in [5, 5.41) is 3.67. The molecule has 2 fully saturated rings. The lowest BCUT2D eigenvalue weighted by molar-refractivity contribution is -0.159. The van der Waals surface area contributed by atoms with Crippen LogP contribution in [0, 0.1) is 0 Å². The molecule has 4 nitrogen and oxygen atoms in total. The number of esters is 1. The monoisotopic (exact) mass is 283 g/mol. The maximum atomic E-state index is 12.5. The second-order valence-corrected chi connectivity index (χ2v) is 6.14. The van der Waals surface area contributed by atoms with Crippen molar-refractivity contribution in [1.82, 2.24) is 5.32 Å². The van der Waals surface area contributed by atoms with Crippen LogP contribution in [-0.2, 0) is 14.3 Å². The van der Waals surface area contributed by atoms with Gasteiger partial charge >= 0.3 is 5.97 Å². The van der Waals surface area contributed by atoms with Crippen molar-refractivity contribution in [3.05, 3.63) is 0 Å². The fourth-order valence-corrected chi connectivity index (χ4v) is 3.49. The summed E-state index contributed by atoms with van der Waals surface area (Å²) < 4.78 is 11.1. The molecule has 4 heteroatoms. The fourth-order valence-electron chi connectivity index (χ4n) is 3.49. The van der Waals surface area contributed by atoms with Crippen LogP contribution in [0.5, 0.6) is 0 Å². The topological polar surface area (TPSA) is 47.6 Å². The SMILES string of the molecule is CCOC(=O)C1(NC2CCCCC2)CCOC(CC)C1. The number of rotatable bonds is 5. The molecule has 1 aliphatic heterocycles. The third kappa shape index (κ3) is 3.73. The zero-order chi connectivity index (χ0) is 14.4. The number of nitrogens with one attached hydrogen (secondary N) is 1. The van der Waals surface area contributed by atoms with Gasteiger partial charge in [-0.05, 0) is 32.6 Å². The van der Waals surface area contributed by atoms with E-state index in [-0.39, 0.29) is 12.1 Å². The van der Waals surface area contributed by atoms with Gasteiger partial charge in [0, 0.05) is 19.1 Å². The molecule has 0 aromatic heterocycles. The second-order valence-electron chi connectivity index (χ2n) is 6.14. The average molecular weight is 283 g/mol. The summed E-state index contributed by atoms with van der Waals surface area (Å²) >= 11 is 0. The molecule has 2 aliphatic rings. The molecule has 1 saturated heterocycles. The van der Waals surface area contributed by atoms with Crippen LogP contribution in [-0.4, -0.2) is 36.9 Å². The van der Waals surface area contributed by atoms with E-state index in [1.165, 1.54) is 32.1 Å². The Morgan fingerprint density at radius 2 is 2.05 bits per heavy atom. The molecule has 0 bridgehead atoms. The molecule has 0 amide bonds. The fraction of sp³-hybridized carbons (Fsp3) is 0.938. The summed E-state index contributed by atoms with van der Waals surface area (Å²) in [5.74, 6) is -0.0766. The molecule has 2 unspecified atom stereocenters. The van der Waals surface area contributed by atoms with Gasteiger partial charge in [-0.15, -0.1) is 0 Å². The molecule has 2 atom stereocenters. The molecular formula is C16H29NO3. The first-order valence-corrected chi connectivity index (χ1v) is 8.26. The lowest BCUT2D eigenvalue weighted by Gasteiger charge is -2.42. The first-order chi connectivity index (χ1) is 9.70. The molecule has 20 heavy (non-hydrogen) atoms. The Labute approximate surface area is 122 Å². The zero-order valence-corrected chi connectivity index (χ0v) is 13.0. The van der Waals surface area contributed by atoms with Crippen LogP contribution in [0.3, 0.4) is 0 Å². The summed E-state index contributed by atoms with van der Waals surface area (Å²) in [5.41, 5.74) is -0.517. The highest BCUT2D eigenvalue weighted by molar-refractivity contribution is 5.81. The van der Waals surface area contributed by atoms with E-state index in [2.05, 4.69) is 12.2 Å². The van der Waals surface area contributed by atoms with E-state index in [4.69, 9.17) is 9.47 Å². The third-order valence-electron chi connectivity index (χ3n) is 4.67. The Morgan fingerprint density at radius 1 is 1.30 bits per heavy atom. The molecule has 1 N–H and O–H groups in total. The van der Waals surface area contributed by atoms with E-state index in [1.54, 1.807) is 0 Å². The summed E-state index contributed by atoms with van der Waals surface area (Å²) in [6.45, 7) is 5.09. The Kier molecular flexibility index (Phi) is 5.85. The van der Waals surface area contributed by atoms with Crippen molar-refractivity contribution in [2.45, 2.75) is 82.9 Å². The molecule has 1 aliphatic carbocycles. The van der Waals surface area contributed by atoms with Gasteiger partial charge in [0.1, 0.15) is 5.54 Å². The summed E-state index contributed by atoms with van der Waals surface area (Å²) in [6.07, 6.45) is 8.83. The van der Waals surface area contributed by atoms with E-state index < -0.39 is 5.54 Å². The predicted octanol–water partition coefficient (Wildman–Crippen LogP) is 2.80. The van der Waals surface area contributed by atoms with Crippen LogP contribution < -0.4 is 5.32 Å². The van der Waals surface area contributed by atoms with Crippen LogP contribution in [0.2, 0.25) is 0 Å². The van der Waals surface area contributed by atoms with Crippen LogP contribution in [0.25, 0.3) is 0 Å². The van der Waals surface area contributed by atoms with E-state index in [9.17, 15) is 4.79 Å². The average Bonchev–Trinajstić information content (AvgIpc) is 2.48. The van der Waals surface area contributed by atoms with Gasteiger partial charge in [0.25, 0.3) is 0 Å². The molecule has 2 rings (SSSR count). The maximum absolute atomic E-state index is 12.5. The summed E-state index contributed by atoms with van der Waals surface area (Å²) in [6, 6.07) is 0.462. The molecule has 116 valence electrons. The molecular weight excluding hydrogens is 254 g/mol. The second kappa shape index (κ2) is 7.41. The first kappa shape index (κ1) is 15.8. The van der Waals surface area contributed by atoms with E-state index in [1.807, 2.05) is 6.92 Å². The van der Waals surface area contributed by atoms with Gasteiger partial charge in [0.15, 0.2) is 0 Å². The van der Waals surface area contributed by atoms with Crippen LogP contribution in [0.1, 0.15) is 65.2 Å². The minimum Gasteiger partial charge on any atom is -0.465 e. The number of hydrogen-bond donors (Lipinski definition) is 1. The molecule has 0 radical (unpaired) electrons. The first-order valence-electron chi connectivity index (χ1n) is 8.26. The van der Waals surface area contributed by atoms with Crippen molar-refractivity contribution in [1.29, 1.82) is 0 Å². The lowest BCUT2D eigenvalue weighted by atomic mass is 9.83. The van der Waals surface area contributed by atoms with Gasteiger partial charge in [-0.25, -0.2) is 0 Å². The Morgan fingerprint density at radius 3 is 2.70 bits per heavy atom. The van der Waals surface area contributed by atoms with E-state index in [0.717, 1.165) is 19.3 Å². The van der Waals surface area contributed by atoms with Crippen molar-refractivity contribution in [3.63, 3.8) is 0 Å². The third-order valence-corrected chi connectivity index (χ3v) is 4.67. The smallest absolute Gasteiger partial charge is 0.326 e. The van der Waals surface area contributed by atoms with E-state index >= 15 is 0 Å². The van der Waals surface area contributed by atoms with Crippen molar-refractivity contribution < 1.29 is 14.3 Å². The Hall–Kier alpha value is -0.610. The molecule has 0 spiro atoms. The van der Waals surface area contributed by atoms with Gasteiger partial charge in [0.05, 0.1) is 12.7 Å². The molecule has 0 aromatic carbocycles. The highest BCUT2D eigenvalue weighted by Crippen LogP contribution is 2.30. The minimum absolute atomic E-state index is 0.0766. The summed E-state index contributed by atoms with van der Waals surface area (Å²) in [4.78, 5) is 12.5. The highest BCUT2D eigenvalue weighted by Gasteiger charge is 2.45. The van der Waals surface area contributed by atoms with Crippen molar-refractivity contribution >= 4 is 5.97 Å². The van der Waals surface area contributed by atoms with Crippen molar-refractivity contribution in [3.8, 4) is 0 Å². The Bertz CT molecular complexity index is 315. The quantitative estimate of drug-likeness (QED) is 0.788. The molecule has 1 heterocycles. The number of carbonyl (C=O) groups is 1. The number of ether oxygens (including phenoxy) is 2. The highest BCUT2D eigenvalue weighted by atomic mass is 16.5. The van der Waals surface area contributed by atoms with E-state index in [0.29, 0.717) is 19.3 Å². The minimum atomic E-state index is -0.517. The van der Waals surface area contributed by atoms with Gasteiger partial charge in [-0.1, -0.05) is 26.2 Å². The van der Waals surface area contributed by atoms with Gasteiger partial charge < -0.3 is 9.47 Å². The predicted molar refractivity (Wildman–Crippen MR) is 78.6 cm³/mol. The number of carbonyl (C=O) groups excluding carboxylic acids is 1. The lowest BCUT2D eigenvalue weighted by Crippen LogP contribution is -2.61. The van der Waals surface area contributed by atoms with Crippen LogP contribution >= 0.6 is 0 Å². The van der Waals surface area contributed by atoms with Crippen molar-refractivity contribution in [2.75, 3.05) is 13.2 Å². The zero-order valence-electron chi connectivity index (χ0n) is 13.0. The largest absolute Gasteiger partial charge is 0.465 e. The molecule has 1 saturated carbocycles. The van der Waals surface area contributed by atoms with Gasteiger partial charge in [-0.2, -0.15) is 0 Å².